The van der Waals surface area contributed by atoms with Crippen molar-refractivity contribution in [1.29, 1.82) is 0 Å². The van der Waals surface area contributed by atoms with E-state index in [0.717, 1.165) is 11.8 Å². The molecule has 0 bridgehead atoms. The molecule has 0 aromatic heterocycles. The molecule has 0 aliphatic carbocycles. The fourth-order valence-electron chi connectivity index (χ4n) is 1.83. The van der Waals surface area contributed by atoms with Gasteiger partial charge in [0, 0.05) is 19.1 Å². The summed E-state index contributed by atoms with van der Waals surface area (Å²) in [6, 6.07) is -0.00611. The zero-order chi connectivity index (χ0) is 10.1. The van der Waals surface area contributed by atoms with Gasteiger partial charge in [0.1, 0.15) is 0 Å². The lowest BCUT2D eigenvalue weighted by atomic mass is 10.1. The first-order valence-corrected chi connectivity index (χ1v) is 5.59. The second-order valence-electron chi connectivity index (χ2n) is 3.50. The SMILES string of the molecule is O=C1CSC(=O)N1C1CCN(O)CC1. The predicted molar refractivity (Wildman–Crippen MR) is 51.1 cm³/mol. The van der Waals surface area contributed by atoms with Crippen LogP contribution in [-0.2, 0) is 4.79 Å². The van der Waals surface area contributed by atoms with E-state index in [4.69, 9.17) is 5.21 Å². The first-order valence-electron chi connectivity index (χ1n) is 4.61. The summed E-state index contributed by atoms with van der Waals surface area (Å²) >= 11 is 1.07. The Morgan fingerprint density at radius 3 is 2.43 bits per heavy atom. The number of nitrogens with zero attached hydrogens (tertiary/aromatic N) is 2. The van der Waals surface area contributed by atoms with Crippen molar-refractivity contribution in [2.45, 2.75) is 18.9 Å². The molecule has 2 heterocycles. The van der Waals surface area contributed by atoms with Gasteiger partial charge < -0.3 is 5.21 Å². The molecule has 0 atom stereocenters. The Morgan fingerprint density at radius 2 is 1.93 bits per heavy atom. The van der Waals surface area contributed by atoms with Crippen LogP contribution in [0.5, 0.6) is 0 Å². The summed E-state index contributed by atoms with van der Waals surface area (Å²) in [5, 5.41) is 10.2. The Balaban J connectivity index is 2.00. The van der Waals surface area contributed by atoms with Gasteiger partial charge in [0.25, 0.3) is 5.24 Å². The van der Waals surface area contributed by atoms with Gasteiger partial charge in [-0.15, -0.1) is 0 Å². The van der Waals surface area contributed by atoms with Gasteiger partial charge in [0.15, 0.2) is 0 Å². The zero-order valence-electron chi connectivity index (χ0n) is 7.68. The minimum absolute atomic E-state index is 0.00611. The molecule has 1 N–H and O–H groups in total. The third-order valence-electron chi connectivity index (χ3n) is 2.59. The Morgan fingerprint density at radius 1 is 1.29 bits per heavy atom. The average molecular weight is 216 g/mol. The number of piperidine rings is 1. The standard InChI is InChI=1S/C8H12N2O3S/c11-7-5-14-8(12)10(7)6-1-3-9(13)4-2-6/h6,13H,1-5H2. The molecule has 2 aliphatic rings. The smallest absolute Gasteiger partial charge is 0.289 e. The molecule has 2 aliphatic heterocycles. The van der Waals surface area contributed by atoms with E-state index in [0.29, 0.717) is 25.9 Å². The Hall–Kier alpha value is -0.590. The van der Waals surface area contributed by atoms with Gasteiger partial charge in [-0.3, -0.25) is 14.5 Å². The summed E-state index contributed by atoms with van der Waals surface area (Å²) in [4.78, 5) is 24.1. The molecule has 2 rings (SSSR count). The topological polar surface area (TPSA) is 60.9 Å². The van der Waals surface area contributed by atoms with E-state index in [1.807, 2.05) is 0 Å². The quantitative estimate of drug-likeness (QED) is 0.693. The Bertz CT molecular complexity index is 247. The summed E-state index contributed by atoms with van der Waals surface area (Å²) in [6.07, 6.45) is 1.35. The van der Waals surface area contributed by atoms with Gasteiger partial charge in [-0.05, 0) is 12.8 Å². The number of imide groups is 1. The van der Waals surface area contributed by atoms with Gasteiger partial charge in [-0.1, -0.05) is 11.8 Å². The van der Waals surface area contributed by atoms with Crippen molar-refractivity contribution >= 4 is 22.9 Å². The molecule has 6 heteroatoms. The summed E-state index contributed by atoms with van der Waals surface area (Å²) in [7, 11) is 0. The normalized spacial score (nSPS) is 26.2. The fraction of sp³-hybridized carbons (Fsp3) is 0.750. The molecule has 5 nitrogen and oxygen atoms in total. The van der Waals surface area contributed by atoms with Crippen LogP contribution in [0.25, 0.3) is 0 Å². The maximum Gasteiger partial charge on any atom is 0.289 e. The van der Waals surface area contributed by atoms with Crippen molar-refractivity contribution < 1.29 is 14.8 Å². The van der Waals surface area contributed by atoms with Gasteiger partial charge in [-0.25, -0.2) is 0 Å². The van der Waals surface area contributed by atoms with Crippen molar-refractivity contribution in [3.63, 3.8) is 0 Å². The van der Waals surface area contributed by atoms with Crippen LogP contribution in [0.4, 0.5) is 4.79 Å². The number of hydrogen-bond donors (Lipinski definition) is 1. The minimum atomic E-state index is -0.133. The molecule has 0 unspecified atom stereocenters. The number of thioether (sulfide) groups is 1. The number of carbonyl (C=O) groups excluding carboxylic acids is 2. The van der Waals surface area contributed by atoms with Gasteiger partial charge >= 0.3 is 0 Å². The molecule has 0 radical (unpaired) electrons. The molecule has 0 saturated carbocycles. The van der Waals surface area contributed by atoms with Crippen molar-refractivity contribution in [3.8, 4) is 0 Å². The van der Waals surface area contributed by atoms with Gasteiger partial charge in [0.05, 0.1) is 5.75 Å². The van der Waals surface area contributed by atoms with Crippen LogP contribution in [0.2, 0.25) is 0 Å². The molecule has 2 fully saturated rings. The molecule has 2 amide bonds. The number of hydroxylamine groups is 2. The second-order valence-corrected chi connectivity index (χ2v) is 4.43. The fourth-order valence-corrected chi connectivity index (χ4v) is 2.60. The molecule has 0 aromatic rings. The number of amides is 2. The van der Waals surface area contributed by atoms with Crippen LogP contribution >= 0.6 is 11.8 Å². The molecule has 14 heavy (non-hydrogen) atoms. The second kappa shape index (κ2) is 3.88. The molecule has 2 saturated heterocycles. The first kappa shape index (κ1) is 9.95. The third-order valence-corrected chi connectivity index (χ3v) is 3.43. The van der Waals surface area contributed by atoms with E-state index < -0.39 is 0 Å². The van der Waals surface area contributed by atoms with Crippen molar-refractivity contribution in [2.75, 3.05) is 18.8 Å². The highest BCUT2D eigenvalue weighted by Gasteiger charge is 2.37. The van der Waals surface area contributed by atoms with E-state index in [9.17, 15) is 9.59 Å². The molecule has 78 valence electrons. The van der Waals surface area contributed by atoms with Crippen molar-refractivity contribution in [2.24, 2.45) is 0 Å². The molecular weight excluding hydrogens is 204 g/mol. The first-order chi connectivity index (χ1) is 6.68. The largest absolute Gasteiger partial charge is 0.314 e. The monoisotopic (exact) mass is 216 g/mol. The Kier molecular flexibility index (Phi) is 2.76. The molecule has 0 aromatic carbocycles. The van der Waals surface area contributed by atoms with E-state index in [2.05, 4.69) is 0 Å². The highest BCUT2D eigenvalue weighted by atomic mass is 32.2. The van der Waals surface area contributed by atoms with Crippen molar-refractivity contribution in [1.82, 2.24) is 9.96 Å². The average Bonchev–Trinajstić information content (AvgIpc) is 2.49. The Labute approximate surface area is 86.0 Å². The number of rotatable bonds is 1. The minimum Gasteiger partial charge on any atom is -0.314 e. The highest BCUT2D eigenvalue weighted by Crippen LogP contribution is 2.26. The third kappa shape index (κ3) is 1.77. The maximum absolute atomic E-state index is 11.4. The van der Waals surface area contributed by atoms with E-state index in [-0.39, 0.29) is 22.9 Å². The van der Waals surface area contributed by atoms with Gasteiger partial charge in [-0.2, -0.15) is 5.06 Å². The number of carbonyl (C=O) groups is 2. The van der Waals surface area contributed by atoms with Crippen LogP contribution in [0.3, 0.4) is 0 Å². The molecular formula is C8H12N2O3S. The van der Waals surface area contributed by atoms with E-state index in [1.165, 1.54) is 9.96 Å². The highest BCUT2D eigenvalue weighted by molar-refractivity contribution is 8.14. The van der Waals surface area contributed by atoms with Crippen LogP contribution in [0.15, 0.2) is 0 Å². The lowest BCUT2D eigenvalue weighted by Gasteiger charge is -2.32. The van der Waals surface area contributed by atoms with Crippen LogP contribution in [0.1, 0.15) is 12.8 Å². The lowest BCUT2D eigenvalue weighted by Crippen LogP contribution is -2.45. The maximum atomic E-state index is 11.4. The van der Waals surface area contributed by atoms with E-state index >= 15 is 0 Å². The summed E-state index contributed by atoms with van der Waals surface area (Å²) in [5.74, 6) is 0.189. The zero-order valence-corrected chi connectivity index (χ0v) is 8.50. The molecule has 0 spiro atoms. The summed E-state index contributed by atoms with van der Waals surface area (Å²) in [6.45, 7) is 1.07. The van der Waals surface area contributed by atoms with Crippen molar-refractivity contribution in [3.05, 3.63) is 0 Å². The summed E-state index contributed by atoms with van der Waals surface area (Å²) in [5.41, 5.74) is 0. The summed E-state index contributed by atoms with van der Waals surface area (Å²) < 4.78 is 0. The number of hydrogen-bond acceptors (Lipinski definition) is 5. The lowest BCUT2D eigenvalue weighted by molar-refractivity contribution is -0.133. The van der Waals surface area contributed by atoms with Crippen LogP contribution in [0, 0.1) is 0 Å². The van der Waals surface area contributed by atoms with Gasteiger partial charge in [0.2, 0.25) is 5.91 Å². The van der Waals surface area contributed by atoms with Crippen LogP contribution in [-0.4, -0.2) is 51.2 Å². The predicted octanol–water partition coefficient (Wildman–Crippen LogP) is 0.535. The van der Waals surface area contributed by atoms with E-state index in [1.54, 1.807) is 0 Å². The van der Waals surface area contributed by atoms with Crippen LogP contribution < -0.4 is 0 Å².